The molecule has 2 aromatic rings. The van der Waals surface area contributed by atoms with Crippen LogP contribution in [-0.2, 0) is 20.6 Å². The first-order chi connectivity index (χ1) is 14.8. The van der Waals surface area contributed by atoms with Crippen LogP contribution in [0.3, 0.4) is 0 Å². The third-order valence-corrected chi connectivity index (χ3v) is 7.63. The Balaban J connectivity index is 1.51. The Hall–Kier alpha value is -2.09. The molecule has 1 fully saturated rings. The van der Waals surface area contributed by atoms with Gasteiger partial charge in [-0.2, -0.15) is 0 Å². The van der Waals surface area contributed by atoms with Gasteiger partial charge in [0, 0.05) is 24.0 Å². The van der Waals surface area contributed by atoms with E-state index in [0.29, 0.717) is 43.1 Å². The van der Waals surface area contributed by atoms with Crippen LogP contribution in [0, 0.1) is 5.92 Å². The number of nitrogens with zero attached hydrogens (tertiary/aromatic N) is 1. The van der Waals surface area contributed by atoms with E-state index in [1.54, 1.807) is 24.3 Å². The molecule has 2 aromatic carbocycles. The maximum absolute atomic E-state index is 12.7. The fourth-order valence-electron chi connectivity index (χ4n) is 3.71. The van der Waals surface area contributed by atoms with Crippen molar-refractivity contribution in [2.75, 3.05) is 19.7 Å². The van der Waals surface area contributed by atoms with Crippen LogP contribution in [0.5, 0.6) is 5.75 Å². The van der Waals surface area contributed by atoms with E-state index in [4.69, 9.17) is 16.3 Å². The van der Waals surface area contributed by atoms with Gasteiger partial charge in [-0.1, -0.05) is 35.9 Å². The molecule has 0 saturated carbocycles. The van der Waals surface area contributed by atoms with E-state index in [0.717, 1.165) is 11.3 Å². The van der Waals surface area contributed by atoms with E-state index < -0.39 is 10.0 Å². The number of hydrogen-bond acceptors (Lipinski definition) is 4. The highest BCUT2D eigenvalue weighted by atomic mass is 35.5. The van der Waals surface area contributed by atoms with Crippen molar-refractivity contribution < 1.29 is 17.9 Å². The van der Waals surface area contributed by atoms with Gasteiger partial charge in [0.1, 0.15) is 5.75 Å². The zero-order valence-corrected chi connectivity index (χ0v) is 19.5. The number of hydrogen-bond donors (Lipinski definition) is 1. The maximum Gasteiger partial charge on any atom is 0.223 e. The van der Waals surface area contributed by atoms with Crippen LogP contribution in [-0.4, -0.2) is 38.3 Å². The van der Waals surface area contributed by atoms with Gasteiger partial charge in [-0.05, 0) is 62.1 Å². The highest BCUT2D eigenvalue weighted by Gasteiger charge is 2.31. The first-order valence-corrected chi connectivity index (χ1v) is 12.5. The van der Waals surface area contributed by atoms with Crippen molar-refractivity contribution in [2.45, 2.75) is 38.5 Å². The van der Waals surface area contributed by atoms with E-state index in [1.165, 1.54) is 4.31 Å². The SMILES string of the molecule is CCOc1ccc([C@H](C)NC(=O)C2CCN(S(=O)(=O)Cc3ccc(Cl)cc3)CC2)cc1. The van der Waals surface area contributed by atoms with Crippen molar-refractivity contribution in [1.82, 2.24) is 9.62 Å². The summed E-state index contributed by atoms with van der Waals surface area (Å²) >= 11 is 5.87. The lowest BCUT2D eigenvalue weighted by atomic mass is 9.96. The summed E-state index contributed by atoms with van der Waals surface area (Å²) in [5.74, 6) is 0.524. The van der Waals surface area contributed by atoms with E-state index in [9.17, 15) is 13.2 Å². The fourth-order valence-corrected chi connectivity index (χ4v) is 5.40. The van der Waals surface area contributed by atoms with Gasteiger partial charge in [-0.25, -0.2) is 12.7 Å². The first-order valence-electron chi connectivity index (χ1n) is 10.5. The molecule has 1 N–H and O–H groups in total. The minimum absolute atomic E-state index is 0.0314. The van der Waals surface area contributed by atoms with Gasteiger partial charge in [0.15, 0.2) is 0 Å². The largest absolute Gasteiger partial charge is 0.494 e. The van der Waals surface area contributed by atoms with Crippen LogP contribution in [0.4, 0.5) is 0 Å². The summed E-state index contributed by atoms with van der Waals surface area (Å²) in [6.07, 6.45) is 1.03. The van der Waals surface area contributed by atoms with E-state index in [-0.39, 0.29) is 23.6 Å². The number of carbonyl (C=O) groups is 1. The van der Waals surface area contributed by atoms with Gasteiger partial charge in [0.25, 0.3) is 0 Å². The van der Waals surface area contributed by atoms with Gasteiger partial charge < -0.3 is 10.1 Å². The Labute approximate surface area is 189 Å². The number of ether oxygens (including phenoxy) is 1. The number of rotatable bonds is 8. The van der Waals surface area contributed by atoms with Gasteiger partial charge in [-0.3, -0.25) is 4.79 Å². The van der Waals surface area contributed by atoms with Crippen molar-refractivity contribution in [1.29, 1.82) is 0 Å². The molecular weight excluding hydrogens is 436 g/mol. The molecule has 3 rings (SSSR count). The van der Waals surface area contributed by atoms with Crippen LogP contribution in [0.2, 0.25) is 5.02 Å². The smallest absolute Gasteiger partial charge is 0.223 e. The van der Waals surface area contributed by atoms with Crippen molar-refractivity contribution in [3.8, 4) is 5.75 Å². The lowest BCUT2D eigenvalue weighted by Gasteiger charge is -2.31. The topological polar surface area (TPSA) is 75.7 Å². The Bertz CT molecular complexity index is 970. The molecule has 0 aromatic heterocycles. The third-order valence-electron chi connectivity index (χ3n) is 5.53. The summed E-state index contributed by atoms with van der Waals surface area (Å²) in [4.78, 5) is 12.7. The van der Waals surface area contributed by atoms with E-state index >= 15 is 0 Å². The third kappa shape index (κ3) is 6.45. The number of benzene rings is 2. The van der Waals surface area contributed by atoms with Gasteiger partial charge in [-0.15, -0.1) is 0 Å². The molecule has 8 heteroatoms. The second-order valence-electron chi connectivity index (χ2n) is 7.79. The molecule has 1 amide bonds. The minimum Gasteiger partial charge on any atom is -0.494 e. The lowest BCUT2D eigenvalue weighted by Crippen LogP contribution is -2.43. The van der Waals surface area contributed by atoms with E-state index in [2.05, 4.69) is 5.32 Å². The van der Waals surface area contributed by atoms with Crippen molar-refractivity contribution in [2.24, 2.45) is 5.92 Å². The minimum atomic E-state index is -3.43. The first kappa shape index (κ1) is 23.6. The van der Waals surface area contributed by atoms with Crippen molar-refractivity contribution >= 4 is 27.5 Å². The van der Waals surface area contributed by atoms with Gasteiger partial charge in [0.05, 0.1) is 18.4 Å². The summed E-state index contributed by atoms with van der Waals surface area (Å²) < 4.78 is 32.4. The monoisotopic (exact) mass is 464 g/mol. The molecule has 168 valence electrons. The fraction of sp³-hybridized carbons (Fsp3) is 0.435. The Morgan fingerprint density at radius 2 is 1.74 bits per heavy atom. The summed E-state index contributed by atoms with van der Waals surface area (Å²) in [5.41, 5.74) is 1.70. The van der Waals surface area contributed by atoms with Crippen molar-refractivity contribution in [3.63, 3.8) is 0 Å². The molecule has 1 aliphatic rings. The van der Waals surface area contributed by atoms with Gasteiger partial charge >= 0.3 is 0 Å². The van der Waals surface area contributed by atoms with Crippen LogP contribution in [0.1, 0.15) is 43.9 Å². The molecule has 6 nitrogen and oxygen atoms in total. The average Bonchev–Trinajstić information content (AvgIpc) is 2.76. The number of halogens is 1. The zero-order chi connectivity index (χ0) is 22.4. The molecule has 1 atom stereocenters. The number of amides is 1. The quantitative estimate of drug-likeness (QED) is 0.636. The second-order valence-corrected chi connectivity index (χ2v) is 10.2. The summed E-state index contributed by atoms with van der Waals surface area (Å²) in [6.45, 7) is 5.20. The predicted molar refractivity (Wildman–Crippen MR) is 123 cm³/mol. The molecule has 0 unspecified atom stereocenters. The summed E-state index contributed by atoms with van der Waals surface area (Å²) in [6, 6.07) is 14.4. The molecule has 0 spiro atoms. The summed E-state index contributed by atoms with van der Waals surface area (Å²) in [5, 5.41) is 3.63. The Morgan fingerprint density at radius 1 is 1.13 bits per heavy atom. The second kappa shape index (κ2) is 10.5. The molecule has 0 radical (unpaired) electrons. The average molecular weight is 465 g/mol. The molecule has 1 heterocycles. The molecule has 31 heavy (non-hydrogen) atoms. The molecule has 0 bridgehead atoms. The number of carbonyl (C=O) groups excluding carboxylic acids is 1. The van der Waals surface area contributed by atoms with Gasteiger partial charge in [0.2, 0.25) is 15.9 Å². The molecule has 0 aliphatic carbocycles. The molecule has 1 saturated heterocycles. The highest BCUT2D eigenvalue weighted by Crippen LogP contribution is 2.24. The number of piperidine rings is 1. The van der Waals surface area contributed by atoms with Crippen LogP contribution in [0.15, 0.2) is 48.5 Å². The zero-order valence-electron chi connectivity index (χ0n) is 17.9. The van der Waals surface area contributed by atoms with Crippen LogP contribution in [0.25, 0.3) is 0 Å². The van der Waals surface area contributed by atoms with Crippen LogP contribution >= 0.6 is 11.6 Å². The highest BCUT2D eigenvalue weighted by molar-refractivity contribution is 7.88. The van der Waals surface area contributed by atoms with Crippen molar-refractivity contribution in [3.05, 3.63) is 64.7 Å². The number of nitrogens with one attached hydrogen (secondary N) is 1. The molecular formula is C23H29ClN2O4S. The number of sulfonamides is 1. The standard InChI is InChI=1S/C23H29ClN2O4S/c1-3-30-22-10-6-19(7-11-22)17(2)25-23(27)20-12-14-26(15-13-20)31(28,29)16-18-4-8-21(24)9-5-18/h4-11,17,20H,3,12-16H2,1-2H3,(H,25,27)/t17-/m0/s1. The normalized spacial score (nSPS) is 16.6. The van der Waals surface area contributed by atoms with E-state index in [1.807, 2.05) is 38.1 Å². The molecule has 1 aliphatic heterocycles. The Kier molecular flexibility index (Phi) is 7.97. The summed E-state index contributed by atoms with van der Waals surface area (Å²) in [7, 11) is -3.43. The van der Waals surface area contributed by atoms with Crippen LogP contribution < -0.4 is 10.1 Å². The Morgan fingerprint density at radius 3 is 2.32 bits per heavy atom. The lowest BCUT2D eigenvalue weighted by molar-refractivity contribution is -0.126. The predicted octanol–water partition coefficient (Wildman–Crippen LogP) is 4.16. The maximum atomic E-state index is 12.7.